The molecule has 0 spiro atoms. The van der Waals surface area contributed by atoms with Crippen LogP contribution < -0.4 is 10.6 Å². The zero-order valence-electron chi connectivity index (χ0n) is 11.1. The number of hydrogen-bond acceptors (Lipinski definition) is 3. The van der Waals surface area contributed by atoms with E-state index in [1.54, 1.807) is 19.9 Å². The third kappa shape index (κ3) is 4.24. The number of amides is 2. The molecule has 2 amide bonds. The molecule has 0 aliphatic rings. The summed E-state index contributed by atoms with van der Waals surface area (Å²) in [6.45, 7) is 6.54. The van der Waals surface area contributed by atoms with Crippen LogP contribution in [0.2, 0.25) is 0 Å². The highest BCUT2D eigenvalue weighted by Gasteiger charge is 2.13. The van der Waals surface area contributed by atoms with Gasteiger partial charge in [0, 0.05) is 19.5 Å². The summed E-state index contributed by atoms with van der Waals surface area (Å²) < 4.78 is 5.28. The summed E-state index contributed by atoms with van der Waals surface area (Å²) in [7, 11) is 0. The van der Waals surface area contributed by atoms with Gasteiger partial charge < -0.3 is 15.1 Å². The van der Waals surface area contributed by atoms with E-state index in [9.17, 15) is 9.59 Å². The van der Waals surface area contributed by atoms with Crippen molar-refractivity contribution in [3.63, 3.8) is 0 Å². The number of nitrogens with one attached hydrogen (secondary N) is 2. The second kappa shape index (κ2) is 6.83. The lowest BCUT2D eigenvalue weighted by atomic mass is 10.2. The van der Waals surface area contributed by atoms with Crippen molar-refractivity contribution in [1.82, 2.24) is 10.6 Å². The van der Waals surface area contributed by atoms with Gasteiger partial charge in [0.15, 0.2) is 0 Å². The van der Waals surface area contributed by atoms with Gasteiger partial charge in [0.1, 0.15) is 11.5 Å². The maximum Gasteiger partial charge on any atom is 0.254 e. The van der Waals surface area contributed by atoms with Gasteiger partial charge in [0.05, 0.1) is 5.56 Å². The number of furan rings is 1. The van der Waals surface area contributed by atoms with Gasteiger partial charge in [-0.1, -0.05) is 6.92 Å². The van der Waals surface area contributed by atoms with Crippen LogP contribution in [0, 0.1) is 13.8 Å². The summed E-state index contributed by atoms with van der Waals surface area (Å²) in [5, 5.41) is 5.45. The van der Waals surface area contributed by atoms with Gasteiger partial charge in [-0.15, -0.1) is 0 Å². The summed E-state index contributed by atoms with van der Waals surface area (Å²) in [5.74, 6) is 1.06. The quantitative estimate of drug-likeness (QED) is 0.806. The number of carbonyl (C=O) groups excluding carboxylic acids is 2. The molecule has 0 aliphatic heterocycles. The van der Waals surface area contributed by atoms with E-state index in [2.05, 4.69) is 10.6 Å². The Labute approximate surface area is 107 Å². The molecule has 0 saturated carbocycles. The summed E-state index contributed by atoms with van der Waals surface area (Å²) >= 11 is 0. The van der Waals surface area contributed by atoms with Gasteiger partial charge in [-0.05, 0) is 26.3 Å². The van der Waals surface area contributed by atoms with Crippen molar-refractivity contribution >= 4 is 11.8 Å². The molecule has 1 heterocycles. The molecule has 1 aromatic rings. The van der Waals surface area contributed by atoms with Gasteiger partial charge in [-0.3, -0.25) is 9.59 Å². The Bertz CT molecular complexity index is 424. The molecule has 1 aromatic heterocycles. The van der Waals surface area contributed by atoms with Crippen LogP contribution in [0.5, 0.6) is 0 Å². The van der Waals surface area contributed by atoms with Crippen LogP contribution in [-0.4, -0.2) is 24.9 Å². The van der Waals surface area contributed by atoms with Gasteiger partial charge in [0.2, 0.25) is 5.91 Å². The van der Waals surface area contributed by atoms with Crippen molar-refractivity contribution in [1.29, 1.82) is 0 Å². The van der Waals surface area contributed by atoms with E-state index in [-0.39, 0.29) is 11.8 Å². The Morgan fingerprint density at radius 2 is 1.94 bits per heavy atom. The molecular weight excluding hydrogens is 232 g/mol. The van der Waals surface area contributed by atoms with E-state index in [4.69, 9.17) is 4.42 Å². The van der Waals surface area contributed by atoms with E-state index < -0.39 is 0 Å². The minimum Gasteiger partial charge on any atom is -0.466 e. The second-order valence-electron chi connectivity index (χ2n) is 4.18. The van der Waals surface area contributed by atoms with Crippen molar-refractivity contribution in [2.24, 2.45) is 0 Å². The topological polar surface area (TPSA) is 71.3 Å². The van der Waals surface area contributed by atoms with Crippen LogP contribution in [0.1, 0.15) is 41.6 Å². The Hall–Kier alpha value is -1.78. The highest BCUT2D eigenvalue weighted by Crippen LogP contribution is 2.13. The van der Waals surface area contributed by atoms with Gasteiger partial charge in [-0.25, -0.2) is 0 Å². The fraction of sp³-hybridized carbons (Fsp3) is 0.538. The molecule has 5 heteroatoms. The lowest BCUT2D eigenvalue weighted by molar-refractivity contribution is -0.120. The Kier molecular flexibility index (Phi) is 5.42. The normalized spacial score (nSPS) is 10.2. The number of aryl methyl sites for hydroxylation is 2. The van der Waals surface area contributed by atoms with Crippen molar-refractivity contribution in [3.8, 4) is 0 Å². The smallest absolute Gasteiger partial charge is 0.254 e. The first kappa shape index (κ1) is 14.3. The van der Waals surface area contributed by atoms with E-state index in [0.29, 0.717) is 36.6 Å². The molecule has 0 fully saturated rings. The van der Waals surface area contributed by atoms with E-state index >= 15 is 0 Å². The molecule has 0 aliphatic carbocycles. The number of carbonyl (C=O) groups is 2. The van der Waals surface area contributed by atoms with Crippen LogP contribution in [0.3, 0.4) is 0 Å². The molecule has 18 heavy (non-hydrogen) atoms. The highest BCUT2D eigenvalue weighted by molar-refractivity contribution is 5.95. The van der Waals surface area contributed by atoms with Gasteiger partial charge in [0.25, 0.3) is 5.91 Å². The van der Waals surface area contributed by atoms with Gasteiger partial charge >= 0.3 is 0 Å². The van der Waals surface area contributed by atoms with Crippen molar-refractivity contribution in [3.05, 3.63) is 23.2 Å². The molecule has 100 valence electrons. The standard InChI is InChI=1S/C13H20N2O3/c1-4-6-14-12(16)5-7-15-13(17)11-8-9(2)18-10(11)3/h8H,4-7H2,1-3H3,(H,14,16)(H,15,17). The predicted molar refractivity (Wildman–Crippen MR) is 68.4 cm³/mol. The zero-order valence-corrected chi connectivity index (χ0v) is 11.1. The van der Waals surface area contributed by atoms with Crippen molar-refractivity contribution < 1.29 is 14.0 Å². The molecule has 0 bridgehead atoms. The summed E-state index contributed by atoms with van der Waals surface area (Å²) in [6.07, 6.45) is 1.20. The van der Waals surface area contributed by atoms with Gasteiger partial charge in [-0.2, -0.15) is 0 Å². The van der Waals surface area contributed by atoms with E-state index in [1.165, 1.54) is 0 Å². The average molecular weight is 252 g/mol. The van der Waals surface area contributed by atoms with E-state index in [0.717, 1.165) is 6.42 Å². The van der Waals surface area contributed by atoms with Crippen LogP contribution in [-0.2, 0) is 4.79 Å². The highest BCUT2D eigenvalue weighted by atomic mass is 16.3. The molecule has 0 radical (unpaired) electrons. The van der Waals surface area contributed by atoms with Crippen molar-refractivity contribution in [2.75, 3.05) is 13.1 Å². The first-order chi connectivity index (χ1) is 8.54. The molecule has 0 saturated heterocycles. The van der Waals surface area contributed by atoms with Crippen LogP contribution >= 0.6 is 0 Å². The Balaban J connectivity index is 2.34. The predicted octanol–water partition coefficient (Wildman–Crippen LogP) is 1.54. The fourth-order valence-electron chi connectivity index (χ4n) is 1.59. The van der Waals surface area contributed by atoms with Crippen molar-refractivity contribution in [2.45, 2.75) is 33.6 Å². The fourth-order valence-corrected chi connectivity index (χ4v) is 1.59. The average Bonchev–Trinajstić information content (AvgIpc) is 2.65. The minimum absolute atomic E-state index is 0.0442. The summed E-state index contributed by atoms with van der Waals surface area (Å²) in [5.41, 5.74) is 0.529. The molecule has 0 unspecified atom stereocenters. The number of rotatable bonds is 6. The second-order valence-corrected chi connectivity index (χ2v) is 4.18. The van der Waals surface area contributed by atoms with Crippen LogP contribution in [0.25, 0.3) is 0 Å². The molecule has 0 atom stereocenters. The third-order valence-corrected chi connectivity index (χ3v) is 2.50. The summed E-state index contributed by atoms with van der Waals surface area (Å²) in [4.78, 5) is 23.1. The van der Waals surface area contributed by atoms with Crippen LogP contribution in [0.15, 0.2) is 10.5 Å². The molecule has 5 nitrogen and oxygen atoms in total. The monoisotopic (exact) mass is 252 g/mol. The maximum absolute atomic E-state index is 11.8. The SMILES string of the molecule is CCCNC(=O)CCNC(=O)c1cc(C)oc1C. The molecule has 2 N–H and O–H groups in total. The van der Waals surface area contributed by atoms with E-state index in [1.807, 2.05) is 6.92 Å². The van der Waals surface area contributed by atoms with Crippen LogP contribution in [0.4, 0.5) is 0 Å². The first-order valence-electron chi connectivity index (χ1n) is 6.16. The summed E-state index contributed by atoms with van der Waals surface area (Å²) in [6, 6.07) is 1.70. The third-order valence-electron chi connectivity index (χ3n) is 2.50. The maximum atomic E-state index is 11.8. The molecular formula is C13H20N2O3. The Morgan fingerprint density at radius 1 is 1.22 bits per heavy atom. The Morgan fingerprint density at radius 3 is 2.50 bits per heavy atom. The zero-order chi connectivity index (χ0) is 13.5. The first-order valence-corrected chi connectivity index (χ1v) is 6.16. The lowest BCUT2D eigenvalue weighted by Gasteiger charge is -2.05. The molecule has 0 aromatic carbocycles. The number of hydrogen-bond donors (Lipinski definition) is 2. The lowest BCUT2D eigenvalue weighted by Crippen LogP contribution is -2.31. The largest absolute Gasteiger partial charge is 0.466 e. The minimum atomic E-state index is -0.201. The molecule has 1 rings (SSSR count).